The molecule has 0 saturated heterocycles. The lowest BCUT2D eigenvalue weighted by molar-refractivity contribution is 0.235. The summed E-state index contributed by atoms with van der Waals surface area (Å²) in [6.45, 7) is 0.761. The van der Waals surface area contributed by atoms with Crippen molar-refractivity contribution in [2.75, 3.05) is 13.6 Å². The molecule has 1 saturated carbocycles. The monoisotopic (exact) mass is 321 g/mol. The summed E-state index contributed by atoms with van der Waals surface area (Å²) in [5, 5.41) is 6.92. The molecule has 4 heteroatoms. The van der Waals surface area contributed by atoms with E-state index in [4.69, 9.17) is 4.74 Å². The summed E-state index contributed by atoms with van der Waals surface area (Å²) in [4.78, 5) is 4.35. The van der Waals surface area contributed by atoms with Crippen LogP contribution in [0.1, 0.15) is 23.5 Å². The number of nitrogens with one attached hydrogen (secondary N) is 2. The van der Waals surface area contributed by atoms with Crippen molar-refractivity contribution in [3.63, 3.8) is 0 Å². The van der Waals surface area contributed by atoms with Crippen LogP contribution < -0.4 is 15.4 Å². The topological polar surface area (TPSA) is 45.7 Å². The Hall–Kier alpha value is -2.49. The van der Waals surface area contributed by atoms with Crippen molar-refractivity contribution >= 4 is 5.96 Å². The van der Waals surface area contributed by atoms with E-state index < -0.39 is 0 Å². The molecule has 0 bridgehead atoms. The van der Waals surface area contributed by atoms with Crippen molar-refractivity contribution in [2.24, 2.45) is 4.99 Å². The first-order chi connectivity index (χ1) is 11.8. The Bertz CT molecular complexity index is 704. The maximum Gasteiger partial charge on any atom is 0.191 e. The van der Waals surface area contributed by atoms with Crippen molar-refractivity contribution < 1.29 is 4.74 Å². The first-order valence-corrected chi connectivity index (χ1v) is 8.60. The van der Waals surface area contributed by atoms with Gasteiger partial charge in [-0.15, -0.1) is 0 Å². The van der Waals surface area contributed by atoms with Gasteiger partial charge in [-0.2, -0.15) is 0 Å². The number of nitrogens with zero attached hydrogens (tertiary/aromatic N) is 1. The third-order valence-electron chi connectivity index (χ3n) is 4.77. The van der Waals surface area contributed by atoms with Crippen molar-refractivity contribution in [1.82, 2.24) is 10.6 Å². The fraction of sp³-hybridized carbons (Fsp3) is 0.350. The van der Waals surface area contributed by atoms with E-state index in [0.29, 0.717) is 12.0 Å². The van der Waals surface area contributed by atoms with Gasteiger partial charge in [-0.3, -0.25) is 4.99 Å². The molecule has 1 fully saturated rings. The van der Waals surface area contributed by atoms with Crippen molar-refractivity contribution in [3.8, 4) is 5.75 Å². The van der Waals surface area contributed by atoms with Crippen LogP contribution in [0.3, 0.4) is 0 Å². The van der Waals surface area contributed by atoms with E-state index in [1.165, 1.54) is 11.1 Å². The number of rotatable bonds is 4. The van der Waals surface area contributed by atoms with E-state index in [0.717, 1.165) is 31.1 Å². The smallest absolute Gasteiger partial charge is 0.191 e. The van der Waals surface area contributed by atoms with Crippen molar-refractivity contribution in [3.05, 3.63) is 65.7 Å². The van der Waals surface area contributed by atoms with E-state index >= 15 is 0 Å². The molecular weight excluding hydrogens is 298 g/mol. The number of fused-ring (bicyclic) bond motifs is 1. The second kappa shape index (κ2) is 6.56. The summed E-state index contributed by atoms with van der Waals surface area (Å²) in [5.41, 5.74) is 2.69. The fourth-order valence-corrected chi connectivity index (χ4v) is 3.37. The molecule has 1 aliphatic carbocycles. The molecule has 3 atom stereocenters. The third kappa shape index (κ3) is 3.23. The summed E-state index contributed by atoms with van der Waals surface area (Å²) in [7, 11) is 1.82. The molecule has 2 aromatic rings. The second-order valence-electron chi connectivity index (χ2n) is 6.51. The SMILES string of the molecule is CN=C(NCC1Cc2ccccc2O1)NC1CC1c1ccccc1. The van der Waals surface area contributed by atoms with Crippen LogP contribution in [0.2, 0.25) is 0 Å². The Kier molecular flexibility index (Phi) is 4.11. The Labute approximate surface area is 143 Å². The minimum absolute atomic E-state index is 0.171. The van der Waals surface area contributed by atoms with Gasteiger partial charge in [0, 0.05) is 25.4 Å². The standard InChI is InChI=1S/C20H23N3O/c1-21-20(23-18-12-17(18)14-7-3-2-4-8-14)22-13-16-11-15-9-5-6-10-19(15)24-16/h2-10,16-18H,11-13H2,1H3,(H2,21,22,23). The van der Waals surface area contributed by atoms with E-state index in [1.807, 2.05) is 19.2 Å². The molecular formula is C20H23N3O. The van der Waals surface area contributed by atoms with Gasteiger partial charge in [-0.05, 0) is 23.6 Å². The molecule has 2 aliphatic rings. The molecule has 3 unspecified atom stereocenters. The number of para-hydroxylation sites is 1. The van der Waals surface area contributed by atoms with Crippen LogP contribution in [0, 0.1) is 0 Å². The average Bonchev–Trinajstić information content (AvgIpc) is 3.27. The van der Waals surface area contributed by atoms with Gasteiger partial charge < -0.3 is 15.4 Å². The predicted octanol–water partition coefficient (Wildman–Crippen LogP) is 2.71. The van der Waals surface area contributed by atoms with Gasteiger partial charge in [0.15, 0.2) is 5.96 Å². The fourth-order valence-electron chi connectivity index (χ4n) is 3.37. The molecule has 2 aromatic carbocycles. The third-order valence-corrected chi connectivity index (χ3v) is 4.77. The quantitative estimate of drug-likeness (QED) is 0.672. The first-order valence-electron chi connectivity index (χ1n) is 8.60. The van der Waals surface area contributed by atoms with E-state index in [1.54, 1.807) is 0 Å². The molecule has 4 rings (SSSR count). The number of hydrogen-bond acceptors (Lipinski definition) is 2. The Balaban J connectivity index is 1.26. The van der Waals surface area contributed by atoms with E-state index in [9.17, 15) is 0 Å². The van der Waals surface area contributed by atoms with Crippen LogP contribution >= 0.6 is 0 Å². The van der Waals surface area contributed by atoms with Gasteiger partial charge in [0.25, 0.3) is 0 Å². The lowest BCUT2D eigenvalue weighted by Gasteiger charge is -2.15. The van der Waals surface area contributed by atoms with Gasteiger partial charge in [0.2, 0.25) is 0 Å². The number of hydrogen-bond donors (Lipinski definition) is 2. The summed E-state index contributed by atoms with van der Waals surface area (Å²) in [6, 6.07) is 19.4. The van der Waals surface area contributed by atoms with Gasteiger partial charge >= 0.3 is 0 Å². The van der Waals surface area contributed by atoms with Crippen LogP contribution in [-0.2, 0) is 6.42 Å². The molecule has 1 aliphatic heterocycles. The Morgan fingerprint density at radius 1 is 1.12 bits per heavy atom. The first kappa shape index (κ1) is 15.1. The summed E-state index contributed by atoms with van der Waals surface area (Å²) in [5.74, 6) is 2.47. The summed E-state index contributed by atoms with van der Waals surface area (Å²) in [6.07, 6.45) is 2.29. The molecule has 0 aromatic heterocycles. The highest BCUT2D eigenvalue weighted by Crippen LogP contribution is 2.40. The molecule has 4 nitrogen and oxygen atoms in total. The van der Waals surface area contributed by atoms with Crippen LogP contribution in [0.5, 0.6) is 5.75 Å². The molecule has 0 spiro atoms. The molecule has 2 N–H and O–H groups in total. The zero-order valence-electron chi connectivity index (χ0n) is 13.9. The maximum absolute atomic E-state index is 5.97. The largest absolute Gasteiger partial charge is 0.488 e. The highest BCUT2D eigenvalue weighted by atomic mass is 16.5. The Morgan fingerprint density at radius 3 is 2.71 bits per heavy atom. The minimum atomic E-state index is 0.171. The Morgan fingerprint density at radius 2 is 1.92 bits per heavy atom. The number of ether oxygens (including phenoxy) is 1. The van der Waals surface area contributed by atoms with Crippen LogP contribution in [0.25, 0.3) is 0 Å². The zero-order valence-corrected chi connectivity index (χ0v) is 13.9. The number of aliphatic imine (C=N–C) groups is 1. The van der Waals surface area contributed by atoms with Gasteiger partial charge in [-0.25, -0.2) is 0 Å². The minimum Gasteiger partial charge on any atom is -0.488 e. The summed E-state index contributed by atoms with van der Waals surface area (Å²) < 4.78 is 5.97. The number of guanidine groups is 1. The van der Waals surface area contributed by atoms with E-state index in [2.05, 4.69) is 58.1 Å². The molecule has 124 valence electrons. The number of benzene rings is 2. The molecule has 1 heterocycles. The normalized spacial score (nSPS) is 24.9. The zero-order chi connectivity index (χ0) is 16.4. The lowest BCUT2D eigenvalue weighted by Crippen LogP contribution is -2.43. The molecule has 0 amide bonds. The van der Waals surface area contributed by atoms with Crippen molar-refractivity contribution in [1.29, 1.82) is 0 Å². The van der Waals surface area contributed by atoms with Gasteiger partial charge in [0.05, 0.1) is 6.54 Å². The second-order valence-corrected chi connectivity index (χ2v) is 6.51. The molecule has 0 radical (unpaired) electrons. The highest BCUT2D eigenvalue weighted by Gasteiger charge is 2.38. The summed E-state index contributed by atoms with van der Waals surface area (Å²) >= 11 is 0. The van der Waals surface area contributed by atoms with Crippen LogP contribution in [-0.4, -0.2) is 31.7 Å². The van der Waals surface area contributed by atoms with Gasteiger partial charge in [0.1, 0.15) is 11.9 Å². The van der Waals surface area contributed by atoms with Crippen LogP contribution in [0.4, 0.5) is 0 Å². The van der Waals surface area contributed by atoms with Crippen molar-refractivity contribution in [2.45, 2.75) is 30.9 Å². The van der Waals surface area contributed by atoms with Gasteiger partial charge in [-0.1, -0.05) is 48.5 Å². The average molecular weight is 321 g/mol. The maximum atomic E-state index is 5.97. The predicted molar refractivity (Wildman–Crippen MR) is 96.6 cm³/mol. The van der Waals surface area contributed by atoms with Crippen LogP contribution in [0.15, 0.2) is 59.6 Å². The van der Waals surface area contributed by atoms with E-state index in [-0.39, 0.29) is 6.10 Å². The highest BCUT2D eigenvalue weighted by molar-refractivity contribution is 5.80. The molecule has 24 heavy (non-hydrogen) atoms. The lowest BCUT2D eigenvalue weighted by atomic mass is 10.1.